The van der Waals surface area contributed by atoms with Crippen LogP contribution in [-0.4, -0.2) is 32.3 Å². The van der Waals surface area contributed by atoms with Gasteiger partial charge in [0.05, 0.1) is 17.7 Å². The third kappa shape index (κ3) is 7.16. The summed E-state index contributed by atoms with van der Waals surface area (Å²) in [6.45, 7) is 8.56. The van der Waals surface area contributed by atoms with Crippen LogP contribution >= 0.6 is 0 Å². The van der Waals surface area contributed by atoms with Crippen molar-refractivity contribution in [3.63, 3.8) is 0 Å². The molecule has 0 saturated heterocycles. The van der Waals surface area contributed by atoms with Crippen LogP contribution in [0.3, 0.4) is 0 Å². The number of nitriles is 1. The average Bonchev–Trinajstić information content (AvgIpc) is 2.56. The Morgan fingerprint density at radius 1 is 1.35 bits per heavy atom. The molecule has 1 atom stereocenters. The third-order valence-corrected chi connectivity index (χ3v) is 3.59. The second-order valence-electron chi connectivity index (χ2n) is 5.69. The molecule has 1 aromatic rings. The zero-order valence-electron chi connectivity index (χ0n) is 14.6. The maximum Gasteiger partial charge on any atom is 0.191 e. The van der Waals surface area contributed by atoms with Crippen molar-refractivity contribution in [2.75, 3.05) is 20.2 Å². The van der Waals surface area contributed by atoms with E-state index < -0.39 is 0 Å². The van der Waals surface area contributed by atoms with Gasteiger partial charge in [0.25, 0.3) is 0 Å². The van der Waals surface area contributed by atoms with Crippen molar-refractivity contribution in [3.8, 4) is 6.07 Å². The molecule has 126 valence electrons. The highest BCUT2D eigenvalue weighted by molar-refractivity contribution is 5.79. The fraction of sp³-hybridized carbons (Fsp3) is 0.556. The van der Waals surface area contributed by atoms with E-state index in [1.165, 1.54) is 0 Å². The molecule has 1 unspecified atom stereocenters. The monoisotopic (exact) mass is 316 g/mol. The Bertz CT molecular complexity index is 534. The number of guanidine groups is 1. The number of nitrogens with zero attached hydrogens (tertiary/aromatic N) is 2. The lowest BCUT2D eigenvalue weighted by molar-refractivity contribution is 0.0258. The highest BCUT2D eigenvalue weighted by atomic mass is 16.5. The van der Waals surface area contributed by atoms with Crippen molar-refractivity contribution >= 4 is 5.96 Å². The van der Waals surface area contributed by atoms with Crippen LogP contribution in [0.15, 0.2) is 29.3 Å². The fourth-order valence-corrected chi connectivity index (χ4v) is 2.31. The molecular weight excluding hydrogens is 288 g/mol. The summed E-state index contributed by atoms with van der Waals surface area (Å²) in [6.07, 6.45) is 1.20. The Hall–Kier alpha value is -2.06. The van der Waals surface area contributed by atoms with Crippen molar-refractivity contribution in [2.24, 2.45) is 10.9 Å². The fourth-order valence-electron chi connectivity index (χ4n) is 2.31. The molecule has 0 radical (unpaired) electrons. The van der Waals surface area contributed by atoms with Gasteiger partial charge in [-0.25, -0.2) is 0 Å². The van der Waals surface area contributed by atoms with Crippen LogP contribution in [0.1, 0.15) is 38.3 Å². The van der Waals surface area contributed by atoms with Crippen LogP contribution in [0, 0.1) is 17.2 Å². The predicted molar refractivity (Wildman–Crippen MR) is 94.2 cm³/mol. The largest absolute Gasteiger partial charge is 0.378 e. The number of hydrogen-bond donors (Lipinski definition) is 2. The van der Waals surface area contributed by atoms with Crippen LogP contribution in [0.4, 0.5) is 0 Å². The molecule has 5 nitrogen and oxygen atoms in total. The lowest BCUT2D eigenvalue weighted by Gasteiger charge is -2.21. The van der Waals surface area contributed by atoms with Gasteiger partial charge in [0.1, 0.15) is 0 Å². The summed E-state index contributed by atoms with van der Waals surface area (Å²) in [5.41, 5.74) is 1.73. The smallest absolute Gasteiger partial charge is 0.191 e. The van der Waals surface area contributed by atoms with E-state index in [-0.39, 0.29) is 6.10 Å². The zero-order chi connectivity index (χ0) is 17.1. The summed E-state index contributed by atoms with van der Waals surface area (Å²) in [5, 5.41) is 15.5. The lowest BCUT2D eigenvalue weighted by atomic mass is 10.0. The van der Waals surface area contributed by atoms with Gasteiger partial charge in [-0.3, -0.25) is 4.99 Å². The molecular formula is C18H28N4O. The normalized spacial score (nSPS) is 12.8. The van der Waals surface area contributed by atoms with Crippen molar-refractivity contribution in [3.05, 3.63) is 35.4 Å². The van der Waals surface area contributed by atoms with Crippen molar-refractivity contribution in [2.45, 2.75) is 39.8 Å². The molecule has 5 heteroatoms. The van der Waals surface area contributed by atoms with Crippen LogP contribution in [0.2, 0.25) is 0 Å². The molecule has 2 N–H and O–H groups in total. The molecule has 23 heavy (non-hydrogen) atoms. The summed E-state index contributed by atoms with van der Waals surface area (Å²) >= 11 is 0. The highest BCUT2D eigenvalue weighted by Crippen LogP contribution is 2.10. The van der Waals surface area contributed by atoms with Crippen LogP contribution in [0.5, 0.6) is 0 Å². The first-order valence-corrected chi connectivity index (χ1v) is 8.15. The standard InChI is InChI=1S/C18H28N4O/c1-5-23-17(14(2)3)9-10-21-18(20-4)22-13-16-8-6-7-15(11-16)12-19/h6-8,11,14,17H,5,9-10,13H2,1-4H3,(H2,20,21,22). The van der Waals surface area contributed by atoms with Gasteiger partial charge in [0, 0.05) is 26.7 Å². The Morgan fingerprint density at radius 3 is 2.74 bits per heavy atom. The molecule has 0 spiro atoms. The van der Waals surface area contributed by atoms with E-state index in [0.29, 0.717) is 18.0 Å². The van der Waals surface area contributed by atoms with E-state index in [0.717, 1.165) is 31.1 Å². The van der Waals surface area contributed by atoms with Gasteiger partial charge in [-0.2, -0.15) is 5.26 Å². The van der Waals surface area contributed by atoms with Gasteiger partial charge in [-0.05, 0) is 37.0 Å². The summed E-state index contributed by atoms with van der Waals surface area (Å²) in [5.74, 6) is 1.26. The van der Waals surface area contributed by atoms with Crippen LogP contribution < -0.4 is 10.6 Å². The van der Waals surface area contributed by atoms with E-state index in [1.807, 2.05) is 25.1 Å². The minimum absolute atomic E-state index is 0.262. The Morgan fingerprint density at radius 2 is 2.13 bits per heavy atom. The first-order chi connectivity index (χ1) is 11.1. The van der Waals surface area contributed by atoms with Crippen molar-refractivity contribution in [1.82, 2.24) is 10.6 Å². The van der Waals surface area contributed by atoms with Gasteiger partial charge >= 0.3 is 0 Å². The van der Waals surface area contributed by atoms with E-state index in [1.54, 1.807) is 13.1 Å². The van der Waals surface area contributed by atoms with Crippen molar-refractivity contribution in [1.29, 1.82) is 5.26 Å². The highest BCUT2D eigenvalue weighted by Gasteiger charge is 2.12. The van der Waals surface area contributed by atoms with Crippen molar-refractivity contribution < 1.29 is 4.74 Å². The van der Waals surface area contributed by atoms with Gasteiger partial charge in [0.2, 0.25) is 0 Å². The molecule has 0 saturated carbocycles. The molecule has 0 aromatic heterocycles. The van der Waals surface area contributed by atoms with E-state index >= 15 is 0 Å². The first kappa shape index (κ1) is 19.0. The molecule has 0 aliphatic rings. The Balaban J connectivity index is 2.41. The van der Waals surface area contributed by atoms with Gasteiger partial charge in [-0.1, -0.05) is 26.0 Å². The maximum atomic E-state index is 8.92. The molecule has 0 aliphatic heterocycles. The summed E-state index contributed by atoms with van der Waals surface area (Å²) in [6, 6.07) is 9.71. The quantitative estimate of drug-likeness (QED) is 0.571. The number of benzene rings is 1. The first-order valence-electron chi connectivity index (χ1n) is 8.15. The molecule has 0 fully saturated rings. The average molecular weight is 316 g/mol. The SMILES string of the molecule is CCOC(CCNC(=NC)NCc1cccc(C#N)c1)C(C)C. The molecule has 0 heterocycles. The van der Waals surface area contributed by atoms with Gasteiger partial charge in [0.15, 0.2) is 5.96 Å². The van der Waals surface area contributed by atoms with E-state index in [4.69, 9.17) is 10.00 Å². The van der Waals surface area contributed by atoms with E-state index in [9.17, 15) is 0 Å². The minimum atomic E-state index is 0.262. The summed E-state index contributed by atoms with van der Waals surface area (Å²) in [4.78, 5) is 4.22. The molecule has 0 bridgehead atoms. The lowest BCUT2D eigenvalue weighted by Crippen LogP contribution is -2.38. The number of aliphatic imine (C=N–C) groups is 1. The number of ether oxygens (including phenoxy) is 1. The Kier molecular flexibility index (Phi) is 8.78. The predicted octanol–water partition coefficient (Wildman–Crippen LogP) is 2.67. The number of hydrogen-bond acceptors (Lipinski definition) is 3. The Labute approximate surface area is 139 Å². The maximum absolute atomic E-state index is 8.92. The molecule has 0 amide bonds. The number of nitrogens with one attached hydrogen (secondary N) is 2. The van der Waals surface area contributed by atoms with Gasteiger partial charge in [-0.15, -0.1) is 0 Å². The second-order valence-corrected chi connectivity index (χ2v) is 5.69. The van der Waals surface area contributed by atoms with E-state index in [2.05, 4.69) is 35.5 Å². The summed E-state index contributed by atoms with van der Waals surface area (Å²) in [7, 11) is 1.75. The molecule has 1 rings (SSSR count). The van der Waals surface area contributed by atoms with Crippen LogP contribution in [-0.2, 0) is 11.3 Å². The summed E-state index contributed by atoms with van der Waals surface area (Å²) < 4.78 is 5.74. The molecule has 1 aromatic carbocycles. The molecule has 0 aliphatic carbocycles. The zero-order valence-corrected chi connectivity index (χ0v) is 14.6. The van der Waals surface area contributed by atoms with Gasteiger partial charge < -0.3 is 15.4 Å². The third-order valence-electron chi connectivity index (χ3n) is 3.59. The topological polar surface area (TPSA) is 69.4 Å². The minimum Gasteiger partial charge on any atom is -0.378 e. The second kappa shape index (κ2) is 10.6. The number of rotatable bonds is 8. The van der Waals surface area contributed by atoms with Crippen LogP contribution in [0.25, 0.3) is 0 Å².